The van der Waals surface area contributed by atoms with Crippen molar-refractivity contribution < 1.29 is 23.5 Å². The van der Waals surface area contributed by atoms with Crippen molar-refractivity contribution in [1.82, 2.24) is 0 Å². The summed E-state index contributed by atoms with van der Waals surface area (Å²) < 4.78 is 22.9. The van der Waals surface area contributed by atoms with Crippen molar-refractivity contribution in [2.24, 2.45) is 4.99 Å². The second-order valence-electron chi connectivity index (χ2n) is 4.96. The van der Waals surface area contributed by atoms with E-state index in [1.807, 2.05) is 0 Å². The maximum Gasteiger partial charge on any atom is 0.363 e. The van der Waals surface area contributed by atoms with Crippen LogP contribution in [0.2, 0.25) is 0 Å². The average Bonchev–Trinajstić information content (AvgIpc) is 2.96. The van der Waals surface area contributed by atoms with E-state index in [9.17, 15) is 14.0 Å². The molecule has 2 aromatic carbocycles. The lowest BCUT2D eigenvalue weighted by molar-refractivity contribution is -0.129. The summed E-state index contributed by atoms with van der Waals surface area (Å²) in [4.78, 5) is 27.4. The summed E-state index contributed by atoms with van der Waals surface area (Å²) in [6.45, 7) is 0. The molecule has 0 bridgehead atoms. The van der Waals surface area contributed by atoms with E-state index in [4.69, 9.17) is 4.74 Å². The standard InChI is InChI=1S/C18H12FNO4/c1-23-17(21)12-7-5-11(6-8-12)9-15-18(22)24-16(20-15)13-3-2-4-14(19)10-13/h2-10H,1H3/b15-9-. The van der Waals surface area contributed by atoms with Crippen molar-refractivity contribution in [2.45, 2.75) is 0 Å². The number of esters is 2. The highest BCUT2D eigenvalue weighted by atomic mass is 19.1. The van der Waals surface area contributed by atoms with Gasteiger partial charge in [0.05, 0.1) is 12.7 Å². The third kappa shape index (κ3) is 3.22. The van der Waals surface area contributed by atoms with Crippen LogP contribution in [0.4, 0.5) is 4.39 Å². The predicted molar refractivity (Wildman–Crippen MR) is 84.8 cm³/mol. The molecule has 0 saturated carbocycles. The maximum absolute atomic E-state index is 13.2. The van der Waals surface area contributed by atoms with E-state index >= 15 is 0 Å². The van der Waals surface area contributed by atoms with Gasteiger partial charge in [-0.3, -0.25) is 0 Å². The maximum atomic E-state index is 13.2. The fourth-order valence-corrected chi connectivity index (χ4v) is 2.15. The Morgan fingerprint density at radius 2 is 1.96 bits per heavy atom. The minimum Gasteiger partial charge on any atom is -0.465 e. The van der Waals surface area contributed by atoms with Crippen molar-refractivity contribution in [3.05, 3.63) is 76.7 Å². The van der Waals surface area contributed by atoms with Gasteiger partial charge in [-0.05, 0) is 42.0 Å². The molecule has 0 saturated heterocycles. The predicted octanol–water partition coefficient (Wildman–Crippen LogP) is 2.96. The van der Waals surface area contributed by atoms with Crippen LogP contribution in [-0.2, 0) is 14.3 Å². The Hall–Kier alpha value is -3.28. The van der Waals surface area contributed by atoms with Crippen molar-refractivity contribution >= 4 is 23.9 Å². The lowest BCUT2D eigenvalue weighted by atomic mass is 10.1. The van der Waals surface area contributed by atoms with Crippen LogP contribution in [-0.4, -0.2) is 24.9 Å². The summed E-state index contributed by atoms with van der Waals surface area (Å²) in [5.74, 6) is -1.45. The number of hydrogen-bond donors (Lipinski definition) is 0. The number of benzene rings is 2. The van der Waals surface area contributed by atoms with E-state index in [1.54, 1.807) is 30.3 Å². The molecular weight excluding hydrogens is 313 g/mol. The molecular formula is C18H12FNO4. The molecule has 0 unspecified atom stereocenters. The Labute approximate surface area is 137 Å². The highest BCUT2D eigenvalue weighted by Crippen LogP contribution is 2.20. The largest absolute Gasteiger partial charge is 0.465 e. The number of cyclic esters (lactones) is 1. The van der Waals surface area contributed by atoms with E-state index in [-0.39, 0.29) is 11.6 Å². The first-order valence-electron chi connectivity index (χ1n) is 7.04. The summed E-state index contributed by atoms with van der Waals surface area (Å²) in [6.07, 6.45) is 1.52. The summed E-state index contributed by atoms with van der Waals surface area (Å²) in [5, 5.41) is 0. The van der Waals surface area contributed by atoms with Crippen LogP contribution < -0.4 is 0 Å². The molecule has 0 aromatic heterocycles. The van der Waals surface area contributed by atoms with E-state index in [1.165, 1.54) is 31.4 Å². The van der Waals surface area contributed by atoms with Crippen molar-refractivity contribution in [1.29, 1.82) is 0 Å². The number of halogens is 1. The smallest absolute Gasteiger partial charge is 0.363 e. The van der Waals surface area contributed by atoms with E-state index in [0.717, 1.165) is 0 Å². The number of rotatable bonds is 3. The van der Waals surface area contributed by atoms with Gasteiger partial charge in [0.25, 0.3) is 0 Å². The molecule has 0 N–H and O–H groups in total. The van der Waals surface area contributed by atoms with Crippen LogP contribution in [0, 0.1) is 5.82 Å². The monoisotopic (exact) mass is 325 g/mol. The zero-order valence-electron chi connectivity index (χ0n) is 12.7. The minimum atomic E-state index is -0.619. The van der Waals surface area contributed by atoms with Crippen molar-refractivity contribution in [3.63, 3.8) is 0 Å². The van der Waals surface area contributed by atoms with Gasteiger partial charge >= 0.3 is 11.9 Å². The van der Waals surface area contributed by atoms with Gasteiger partial charge in [-0.2, -0.15) is 0 Å². The molecule has 24 heavy (non-hydrogen) atoms. The van der Waals surface area contributed by atoms with E-state index < -0.39 is 17.8 Å². The lowest BCUT2D eigenvalue weighted by Gasteiger charge is -1.99. The molecule has 0 atom stereocenters. The number of carbonyl (C=O) groups is 2. The van der Waals surface area contributed by atoms with E-state index in [2.05, 4.69) is 9.73 Å². The molecule has 1 aliphatic rings. The van der Waals surface area contributed by atoms with Gasteiger partial charge in [0, 0.05) is 5.56 Å². The second-order valence-corrected chi connectivity index (χ2v) is 4.96. The Morgan fingerprint density at radius 1 is 1.21 bits per heavy atom. The van der Waals surface area contributed by atoms with Gasteiger partial charge in [0.2, 0.25) is 5.90 Å². The first-order chi connectivity index (χ1) is 11.6. The number of methoxy groups -OCH3 is 1. The van der Waals surface area contributed by atoms with Crippen LogP contribution in [0.25, 0.3) is 6.08 Å². The van der Waals surface area contributed by atoms with Crippen LogP contribution in [0.1, 0.15) is 21.5 Å². The fraction of sp³-hybridized carbons (Fsp3) is 0.0556. The summed E-state index contributed by atoms with van der Waals surface area (Å²) >= 11 is 0. The zero-order valence-corrected chi connectivity index (χ0v) is 12.7. The number of nitrogens with zero attached hydrogens (tertiary/aromatic N) is 1. The first-order valence-corrected chi connectivity index (χ1v) is 7.04. The number of ether oxygens (including phenoxy) is 2. The van der Waals surface area contributed by atoms with Gasteiger partial charge in [-0.25, -0.2) is 19.0 Å². The fourth-order valence-electron chi connectivity index (χ4n) is 2.15. The molecule has 1 aliphatic heterocycles. The highest BCUT2D eigenvalue weighted by Gasteiger charge is 2.24. The Bertz CT molecular complexity index is 869. The Morgan fingerprint density at radius 3 is 2.62 bits per heavy atom. The molecule has 1 heterocycles. The molecule has 120 valence electrons. The molecule has 5 nitrogen and oxygen atoms in total. The number of hydrogen-bond acceptors (Lipinski definition) is 5. The third-order valence-electron chi connectivity index (χ3n) is 3.33. The molecule has 0 amide bonds. The zero-order chi connectivity index (χ0) is 17.1. The van der Waals surface area contributed by atoms with Gasteiger partial charge in [-0.15, -0.1) is 0 Å². The Kier molecular flexibility index (Phi) is 4.20. The summed E-state index contributed by atoms with van der Waals surface area (Å²) in [7, 11) is 1.30. The Balaban J connectivity index is 1.87. The van der Waals surface area contributed by atoms with Crippen molar-refractivity contribution in [2.75, 3.05) is 7.11 Å². The number of aliphatic imine (C=N–C) groups is 1. The van der Waals surface area contributed by atoms with E-state index in [0.29, 0.717) is 16.7 Å². The normalized spacial score (nSPS) is 15.2. The third-order valence-corrected chi connectivity index (χ3v) is 3.33. The van der Waals surface area contributed by atoms with Gasteiger partial charge in [0.1, 0.15) is 5.82 Å². The SMILES string of the molecule is COC(=O)c1ccc(/C=C2\N=C(c3cccc(F)c3)OC2=O)cc1. The van der Waals surface area contributed by atoms with Gasteiger partial charge in [-0.1, -0.05) is 18.2 Å². The van der Waals surface area contributed by atoms with Crippen LogP contribution in [0.15, 0.2) is 59.2 Å². The molecule has 0 spiro atoms. The van der Waals surface area contributed by atoms with Crippen molar-refractivity contribution in [3.8, 4) is 0 Å². The summed E-state index contributed by atoms with van der Waals surface area (Å²) in [6, 6.07) is 12.1. The van der Waals surface area contributed by atoms with Gasteiger partial charge in [0.15, 0.2) is 5.70 Å². The second kappa shape index (κ2) is 6.45. The topological polar surface area (TPSA) is 65.0 Å². The van der Waals surface area contributed by atoms with Gasteiger partial charge < -0.3 is 9.47 Å². The van der Waals surface area contributed by atoms with Crippen LogP contribution in [0.5, 0.6) is 0 Å². The number of carbonyl (C=O) groups excluding carboxylic acids is 2. The highest BCUT2D eigenvalue weighted by molar-refractivity contribution is 6.12. The first kappa shape index (κ1) is 15.6. The molecule has 0 aliphatic carbocycles. The lowest BCUT2D eigenvalue weighted by Crippen LogP contribution is -2.05. The average molecular weight is 325 g/mol. The molecule has 2 aromatic rings. The molecule has 0 fully saturated rings. The van der Waals surface area contributed by atoms with Crippen LogP contribution in [0.3, 0.4) is 0 Å². The molecule has 6 heteroatoms. The minimum absolute atomic E-state index is 0.0527. The molecule has 3 rings (SSSR count). The van der Waals surface area contributed by atoms with Crippen LogP contribution >= 0.6 is 0 Å². The summed E-state index contributed by atoms with van der Waals surface area (Å²) in [5.41, 5.74) is 1.55. The quantitative estimate of drug-likeness (QED) is 0.643. The molecule has 0 radical (unpaired) electrons.